The molecule has 0 unspecified atom stereocenters. The SMILES string of the molecule is CS(=O)(=O)Nc1ccc2c(O)c(C(=O)NCc3ccc(Cl)cc3)c(=O)[nH]c2c1. The summed E-state index contributed by atoms with van der Waals surface area (Å²) in [4.78, 5) is 27.2. The van der Waals surface area contributed by atoms with Crippen molar-refractivity contribution in [1.82, 2.24) is 10.3 Å². The van der Waals surface area contributed by atoms with Crippen LogP contribution in [0.25, 0.3) is 10.9 Å². The summed E-state index contributed by atoms with van der Waals surface area (Å²) in [6.07, 6.45) is 0.992. The second-order valence-electron chi connectivity index (χ2n) is 6.12. The molecule has 0 atom stereocenters. The zero-order valence-electron chi connectivity index (χ0n) is 14.6. The number of rotatable bonds is 5. The number of pyridine rings is 1. The molecule has 28 heavy (non-hydrogen) atoms. The van der Waals surface area contributed by atoms with Gasteiger partial charge in [0.2, 0.25) is 10.0 Å². The normalized spacial score (nSPS) is 11.4. The molecule has 4 N–H and O–H groups in total. The van der Waals surface area contributed by atoms with Gasteiger partial charge in [-0.2, -0.15) is 0 Å². The first-order valence-electron chi connectivity index (χ1n) is 8.03. The van der Waals surface area contributed by atoms with Crippen molar-refractivity contribution in [3.05, 3.63) is 69.0 Å². The van der Waals surface area contributed by atoms with E-state index in [9.17, 15) is 23.1 Å². The van der Waals surface area contributed by atoms with Crippen LogP contribution in [0.2, 0.25) is 5.02 Å². The number of carbonyl (C=O) groups is 1. The summed E-state index contributed by atoms with van der Waals surface area (Å²) in [5, 5.41) is 13.8. The maximum atomic E-state index is 12.4. The van der Waals surface area contributed by atoms with E-state index in [-0.39, 0.29) is 23.1 Å². The highest BCUT2D eigenvalue weighted by atomic mass is 35.5. The Kier molecular flexibility index (Phi) is 5.30. The molecule has 8 nitrogen and oxygen atoms in total. The number of amides is 1. The van der Waals surface area contributed by atoms with Gasteiger partial charge < -0.3 is 15.4 Å². The third kappa shape index (κ3) is 4.44. The van der Waals surface area contributed by atoms with Gasteiger partial charge in [0.15, 0.2) is 0 Å². The number of hydrogen-bond donors (Lipinski definition) is 4. The van der Waals surface area contributed by atoms with Gasteiger partial charge in [0.05, 0.1) is 17.5 Å². The molecule has 3 rings (SSSR count). The van der Waals surface area contributed by atoms with Crippen molar-refractivity contribution in [2.24, 2.45) is 0 Å². The van der Waals surface area contributed by atoms with Gasteiger partial charge in [-0.25, -0.2) is 8.42 Å². The summed E-state index contributed by atoms with van der Waals surface area (Å²) in [7, 11) is -3.50. The Labute approximate surface area is 165 Å². The molecule has 1 heterocycles. The van der Waals surface area contributed by atoms with Crippen molar-refractivity contribution in [1.29, 1.82) is 0 Å². The predicted octanol–water partition coefficient (Wildman–Crippen LogP) is 2.19. The van der Waals surface area contributed by atoms with Crippen molar-refractivity contribution in [2.45, 2.75) is 6.54 Å². The highest BCUT2D eigenvalue weighted by Gasteiger charge is 2.19. The number of aromatic nitrogens is 1. The Morgan fingerprint density at radius 3 is 2.50 bits per heavy atom. The van der Waals surface area contributed by atoms with Crippen LogP contribution in [0.4, 0.5) is 5.69 Å². The monoisotopic (exact) mass is 421 g/mol. The second kappa shape index (κ2) is 7.53. The average molecular weight is 422 g/mol. The smallest absolute Gasteiger partial charge is 0.265 e. The van der Waals surface area contributed by atoms with E-state index in [1.165, 1.54) is 18.2 Å². The third-order valence-electron chi connectivity index (χ3n) is 3.88. The van der Waals surface area contributed by atoms with E-state index in [4.69, 9.17) is 11.6 Å². The molecule has 0 saturated carbocycles. The maximum Gasteiger partial charge on any atom is 0.265 e. The molecular weight excluding hydrogens is 406 g/mol. The summed E-state index contributed by atoms with van der Waals surface area (Å²) >= 11 is 5.81. The number of aromatic amines is 1. The van der Waals surface area contributed by atoms with Crippen molar-refractivity contribution >= 4 is 44.1 Å². The molecule has 0 aliphatic rings. The quantitative estimate of drug-likeness (QED) is 0.502. The minimum Gasteiger partial charge on any atom is -0.506 e. The average Bonchev–Trinajstić information content (AvgIpc) is 2.59. The van der Waals surface area contributed by atoms with Crippen molar-refractivity contribution in [2.75, 3.05) is 11.0 Å². The fourth-order valence-electron chi connectivity index (χ4n) is 2.64. The number of H-pyrrole nitrogens is 1. The molecular formula is C18H16ClN3O5S. The lowest BCUT2D eigenvalue weighted by molar-refractivity contribution is 0.0947. The minimum absolute atomic E-state index is 0.143. The summed E-state index contributed by atoms with van der Waals surface area (Å²) in [5.74, 6) is -1.23. The van der Waals surface area contributed by atoms with Crippen LogP contribution in [0, 0.1) is 0 Å². The zero-order chi connectivity index (χ0) is 20.5. The van der Waals surface area contributed by atoms with E-state index >= 15 is 0 Å². The third-order valence-corrected chi connectivity index (χ3v) is 4.74. The van der Waals surface area contributed by atoms with E-state index in [2.05, 4.69) is 15.0 Å². The largest absolute Gasteiger partial charge is 0.506 e. The number of hydrogen-bond acceptors (Lipinski definition) is 5. The summed E-state index contributed by atoms with van der Waals surface area (Å²) in [6, 6.07) is 11.0. The van der Waals surface area contributed by atoms with E-state index in [1.54, 1.807) is 24.3 Å². The molecule has 0 fully saturated rings. The van der Waals surface area contributed by atoms with Crippen molar-refractivity contribution in [3.63, 3.8) is 0 Å². The van der Waals surface area contributed by atoms with Crippen LogP contribution in [0.1, 0.15) is 15.9 Å². The van der Waals surface area contributed by atoms with E-state index < -0.39 is 32.8 Å². The van der Waals surface area contributed by atoms with Gasteiger partial charge in [0, 0.05) is 17.0 Å². The van der Waals surface area contributed by atoms with Crippen LogP contribution >= 0.6 is 11.6 Å². The Balaban J connectivity index is 1.90. The first-order valence-corrected chi connectivity index (χ1v) is 10.3. The molecule has 146 valence electrons. The highest BCUT2D eigenvalue weighted by Crippen LogP contribution is 2.27. The summed E-state index contributed by atoms with van der Waals surface area (Å²) in [5.41, 5.74) is -0.0539. The van der Waals surface area contributed by atoms with Gasteiger partial charge in [0.1, 0.15) is 11.3 Å². The van der Waals surface area contributed by atoms with Gasteiger partial charge in [-0.1, -0.05) is 23.7 Å². The number of anilines is 1. The van der Waals surface area contributed by atoms with Gasteiger partial charge in [-0.3, -0.25) is 14.3 Å². The highest BCUT2D eigenvalue weighted by molar-refractivity contribution is 7.92. The number of fused-ring (bicyclic) bond motifs is 1. The van der Waals surface area contributed by atoms with Crippen molar-refractivity contribution in [3.8, 4) is 5.75 Å². The number of halogens is 1. The van der Waals surface area contributed by atoms with Crippen molar-refractivity contribution < 1.29 is 18.3 Å². The first-order chi connectivity index (χ1) is 13.1. The van der Waals surface area contributed by atoms with Crippen LogP contribution < -0.4 is 15.6 Å². The predicted molar refractivity (Wildman–Crippen MR) is 107 cm³/mol. The van der Waals surface area contributed by atoms with Crippen LogP contribution in [-0.2, 0) is 16.6 Å². The topological polar surface area (TPSA) is 128 Å². The molecule has 0 spiro atoms. The van der Waals surface area contributed by atoms with Crippen LogP contribution in [0.5, 0.6) is 5.75 Å². The molecule has 0 aliphatic carbocycles. The summed E-state index contributed by atoms with van der Waals surface area (Å²) < 4.78 is 24.9. The number of carbonyl (C=O) groups excluding carboxylic acids is 1. The van der Waals surface area contributed by atoms with E-state index in [1.807, 2.05) is 0 Å². The standard InChI is InChI=1S/C18H16ClN3O5S/c1-28(26,27)22-12-6-7-13-14(8-12)21-18(25)15(16(13)23)17(24)20-9-10-2-4-11(19)5-3-10/h2-8,22H,9H2,1H3,(H,20,24)(H2,21,23,25). The van der Waals surface area contributed by atoms with E-state index in [0.717, 1.165) is 11.8 Å². The lowest BCUT2D eigenvalue weighted by Gasteiger charge is -2.10. The molecule has 1 amide bonds. The maximum absolute atomic E-state index is 12.4. The Morgan fingerprint density at radius 1 is 1.18 bits per heavy atom. The first kappa shape index (κ1) is 19.7. The summed E-state index contributed by atoms with van der Waals surface area (Å²) in [6.45, 7) is 0.143. The van der Waals surface area contributed by atoms with Crippen LogP contribution in [-0.4, -0.2) is 30.7 Å². The number of benzene rings is 2. The minimum atomic E-state index is -3.50. The molecule has 0 radical (unpaired) electrons. The molecule has 3 aromatic rings. The number of sulfonamides is 1. The van der Waals surface area contributed by atoms with Gasteiger partial charge in [0.25, 0.3) is 11.5 Å². The lowest BCUT2D eigenvalue weighted by Crippen LogP contribution is -2.29. The van der Waals surface area contributed by atoms with Gasteiger partial charge in [-0.05, 0) is 35.9 Å². The fraction of sp³-hybridized carbons (Fsp3) is 0.111. The second-order valence-corrected chi connectivity index (χ2v) is 8.31. The molecule has 0 aliphatic heterocycles. The Bertz CT molecular complexity index is 1220. The van der Waals surface area contributed by atoms with Crippen LogP contribution in [0.3, 0.4) is 0 Å². The molecule has 10 heteroatoms. The Hall–Kier alpha value is -3.04. The van der Waals surface area contributed by atoms with Gasteiger partial charge >= 0.3 is 0 Å². The number of nitrogens with one attached hydrogen (secondary N) is 3. The number of aromatic hydroxyl groups is 1. The molecule has 0 saturated heterocycles. The van der Waals surface area contributed by atoms with E-state index in [0.29, 0.717) is 5.02 Å². The lowest BCUT2D eigenvalue weighted by atomic mass is 10.1. The Morgan fingerprint density at radius 2 is 1.86 bits per heavy atom. The fourth-order valence-corrected chi connectivity index (χ4v) is 3.32. The molecule has 1 aromatic heterocycles. The molecule has 0 bridgehead atoms. The zero-order valence-corrected chi connectivity index (χ0v) is 16.2. The van der Waals surface area contributed by atoms with Gasteiger partial charge in [-0.15, -0.1) is 0 Å². The van der Waals surface area contributed by atoms with Crippen LogP contribution in [0.15, 0.2) is 47.3 Å². The molecule has 2 aromatic carbocycles.